The van der Waals surface area contributed by atoms with Gasteiger partial charge >= 0.3 is 11.9 Å². The van der Waals surface area contributed by atoms with Crippen LogP contribution in [0.2, 0.25) is 0 Å². The number of amides is 1. The molecule has 0 aromatic heterocycles. The average molecular weight is 429 g/mol. The van der Waals surface area contributed by atoms with Gasteiger partial charge in [-0.15, -0.1) is 0 Å². The predicted molar refractivity (Wildman–Crippen MR) is 120 cm³/mol. The highest BCUT2D eigenvalue weighted by Gasteiger charge is 2.28. The summed E-state index contributed by atoms with van der Waals surface area (Å²) in [6.45, 7) is 4.04. The number of carbonyl (C=O) groups is 3. The first kappa shape index (κ1) is 21.3. The molecule has 1 atom stereocenters. The van der Waals surface area contributed by atoms with Gasteiger partial charge in [0.15, 0.2) is 0 Å². The Morgan fingerprint density at radius 2 is 1.69 bits per heavy atom. The van der Waals surface area contributed by atoms with E-state index in [4.69, 9.17) is 9.47 Å². The number of fused-ring (bicyclic) bond motifs is 1. The number of rotatable bonds is 5. The van der Waals surface area contributed by atoms with E-state index >= 15 is 0 Å². The van der Waals surface area contributed by atoms with Gasteiger partial charge in [-0.05, 0) is 67.4 Å². The van der Waals surface area contributed by atoms with Gasteiger partial charge in [0.2, 0.25) is 0 Å². The Balaban J connectivity index is 1.50. The van der Waals surface area contributed by atoms with Crippen molar-refractivity contribution in [3.05, 3.63) is 100 Å². The SMILES string of the molecule is CCOC(=O)c1ccc(NC(=O)c2ccc3c(c2)CC(c2ccc(C)cc2)OC3=O)cc1. The molecule has 6 nitrogen and oxygen atoms in total. The van der Waals surface area contributed by atoms with Crippen molar-refractivity contribution in [1.29, 1.82) is 0 Å². The standard InChI is InChI=1S/C26H23NO5/c1-3-31-25(29)18-8-11-21(12-9-18)27-24(28)19-10-13-22-20(14-19)15-23(32-26(22)30)17-6-4-16(2)5-7-17/h4-14,23H,3,15H2,1-2H3,(H,27,28). The minimum Gasteiger partial charge on any atom is -0.462 e. The summed E-state index contributed by atoms with van der Waals surface area (Å²) in [5, 5.41) is 2.82. The number of benzene rings is 3. The fourth-order valence-corrected chi connectivity index (χ4v) is 3.61. The van der Waals surface area contributed by atoms with Crippen molar-refractivity contribution in [3.8, 4) is 0 Å². The fraction of sp³-hybridized carbons (Fsp3) is 0.192. The molecule has 162 valence electrons. The first-order chi connectivity index (χ1) is 15.4. The van der Waals surface area contributed by atoms with Crippen molar-refractivity contribution in [1.82, 2.24) is 0 Å². The first-order valence-electron chi connectivity index (χ1n) is 10.4. The van der Waals surface area contributed by atoms with E-state index in [1.165, 1.54) is 0 Å². The molecule has 1 heterocycles. The molecule has 3 aromatic rings. The van der Waals surface area contributed by atoms with Crippen LogP contribution in [0.4, 0.5) is 5.69 Å². The van der Waals surface area contributed by atoms with Crippen molar-refractivity contribution >= 4 is 23.5 Å². The third-order valence-corrected chi connectivity index (χ3v) is 5.34. The normalized spacial score (nSPS) is 14.8. The van der Waals surface area contributed by atoms with Crippen LogP contribution in [0.1, 0.15) is 60.8 Å². The van der Waals surface area contributed by atoms with Gasteiger partial charge in [0, 0.05) is 17.7 Å². The van der Waals surface area contributed by atoms with E-state index in [0.29, 0.717) is 35.4 Å². The topological polar surface area (TPSA) is 81.7 Å². The van der Waals surface area contributed by atoms with Crippen LogP contribution in [0.3, 0.4) is 0 Å². The first-order valence-corrected chi connectivity index (χ1v) is 10.4. The predicted octanol–water partition coefficient (Wildman–Crippen LogP) is 4.88. The van der Waals surface area contributed by atoms with E-state index in [0.717, 1.165) is 16.7 Å². The number of aryl methyl sites for hydroxylation is 1. The van der Waals surface area contributed by atoms with Crippen LogP contribution in [-0.2, 0) is 15.9 Å². The Labute approximate surface area is 186 Å². The lowest BCUT2D eigenvalue weighted by atomic mass is 9.92. The summed E-state index contributed by atoms with van der Waals surface area (Å²) < 4.78 is 10.6. The van der Waals surface area contributed by atoms with E-state index in [1.54, 1.807) is 49.4 Å². The van der Waals surface area contributed by atoms with E-state index in [2.05, 4.69) is 5.32 Å². The largest absolute Gasteiger partial charge is 0.462 e. The van der Waals surface area contributed by atoms with Crippen LogP contribution in [0.15, 0.2) is 66.7 Å². The summed E-state index contributed by atoms with van der Waals surface area (Å²) >= 11 is 0. The highest BCUT2D eigenvalue weighted by atomic mass is 16.5. The van der Waals surface area contributed by atoms with E-state index in [9.17, 15) is 14.4 Å². The molecule has 0 saturated carbocycles. The molecule has 0 saturated heterocycles. The van der Waals surface area contributed by atoms with Crippen molar-refractivity contribution in [3.63, 3.8) is 0 Å². The van der Waals surface area contributed by atoms with Crippen LogP contribution < -0.4 is 5.32 Å². The molecule has 0 spiro atoms. The van der Waals surface area contributed by atoms with Gasteiger partial charge in [-0.3, -0.25) is 4.79 Å². The van der Waals surface area contributed by atoms with E-state index < -0.39 is 11.9 Å². The van der Waals surface area contributed by atoms with Crippen LogP contribution in [-0.4, -0.2) is 24.5 Å². The molecule has 32 heavy (non-hydrogen) atoms. The van der Waals surface area contributed by atoms with Crippen molar-refractivity contribution in [2.75, 3.05) is 11.9 Å². The number of anilines is 1. The number of esters is 2. The number of cyclic esters (lactones) is 1. The Bertz CT molecular complexity index is 1170. The highest BCUT2D eigenvalue weighted by molar-refractivity contribution is 6.05. The zero-order valence-corrected chi connectivity index (χ0v) is 17.9. The fourth-order valence-electron chi connectivity index (χ4n) is 3.61. The molecule has 0 radical (unpaired) electrons. The quantitative estimate of drug-likeness (QED) is 0.585. The molecule has 1 unspecified atom stereocenters. The Kier molecular flexibility index (Phi) is 6.03. The van der Waals surface area contributed by atoms with Crippen LogP contribution in [0, 0.1) is 6.92 Å². The number of hydrogen-bond donors (Lipinski definition) is 1. The lowest BCUT2D eigenvalue weighted by Crippen LogP contribution is -2.23. The van der Waals surface area contributed by atoms with Gasteiger partial charge in [0.1, 0.15) is 6.10 Å². The van der Waals surface area contributed by atoms with Gasteiger partial charge in [-0.25, -0.2) is 9.59 Å². The molecule has 4 rings (SSSR count). The maximum atomic E-state index is 12.8. The minimum atomic E-state index is -0.407. The van der Waals surface area contributed by atoms with Crippen molar-refractivity contribution in [2.45, 2.75) is 26.4 Å². The molecule has 1 aliphatic rings. The summed E-state index contributed by atoms with van der Waals surface area (Å²) in [5.41, 5.74) is 4.71. The second-order valence-corrected chi connectivity index (χ2v) is 7.63. The highest BCUT2D eigenvalue weighted by Crippen LogP contribution is 2.31. The molecule has 0 aliphatic carbocycles. The Morgan fingerprint density at radius 1 is 1.00 bits per heavy atom. The van der Waals surface area contributed by atoms with Gasteiger partial charge in [0.25, 0.3) is 5.91 Å². The second-order valence-electron chi connectivity index (χ2n) is 7.63. The minimum absolute atomic E-state index is 0.300. The van der Waals surface area contributed by atoms with Crippen LogP contribution >= 0.6 is 0 Å². The van der Waals surface area contributed by atoms with Gasteiger partial charge in [-0.1, -0.05) is 29.8 Å². The maximum absolute atomic E-state index is 12.8. The third kappa shape index (κ3) is 4.54. The number of nitrogens with one attached hydrogen (secondary N) is 1. The average Bonchev–Trinajstić information content (AvgIpc) is 2.79. The Hall–Kier alpha value is -3.93. The van der Waals surface area contributed by atoms with Gasteiger partial charge in [-0.2, -0.15) is 0 Å². The maximum Gasteiger partial charge on any atom is 0.339 e. The Morgan fingerprint density at radius 3 is 2.38 bits per heavy atom. The smallest absolute Gasteiger partial charge is 0.339 e. The molecule has 3 aromatic carbocycles. The molecular formula is C26H23NO5. The van der Waals surface area contributed by atoms with Crippen molar-refractivity contribution < 1.29 is 23.9 Å². The molecule has 1 aliphatic heterocycles. The summed E-state index contributed by atoms with van der Waals surface area (Å²) in [5.74, 6) is -1.10. The summed E-state index contributed by atoms with van der Waals surface area (Å²) in [6.07, 6.45) is 0.115. The summed E-state index contributed by atoms with van der Waals surface area (Å²) in [6, 6.07) is 19.3. The van der Waals surface area contributed by atoms with E-state index in [-0.39, 0.29) is 12.0 Å². The third-order valence-electron chi connectivity index (χ3n) is 5.34. The lowest BCUT2D eigenvalue weighted by molar-refractivity contribution is 0.0252. The molecule has 1 amide bonds. The monoisotopic (exact) mass is 429 g/mol. The molecule has 0 bridgehead atoms. The second kappa shape index (κ2) is 9.06. The van der Waals surface area contributed by atoms with Gasteiger partial charge in [0.05, 0.1) is 17.7 Å². The number of ether oxygens (including phenoxy) is 2. The zero-order valence-electron chi connectivity index (χ0n) is 17.9. The number of carbonyl (C=O) groups excluding carboxylic acids is 3. The van der Waals surface area contributed by atoms with Crippen LogP contribution in [0.25, 0.3) is 0 Å². The lowest BCUT2D eigenvalue weighted by Gasteiger charge is -2.25. The summed E-state index contributed by atoms with van der Waals surface area (Å²) in [7, 11) is 0. The van der Waals surface area contributed by atoms with Crippen LogP contribution in [0.5, 0.6) is 0 Å². The molecule has 1 N–H and O–H groups in total. The number of hydrogen-bond acceptors (Lipinski definition) is 5. The molecular weight excluding hydrogens is 406 g/mol. The molecule has 0 fully saturated rings. The zero-order chi connectivity index (χ0) is 22.7. The molecule has 6 heteroatoms. The summed E-state index contributed by atoms with van der Waals surface area (Å²) in [4.78, 5) is 37.0. The van der Waals surface area contributed by atoms with E-state index in [1.807, 2.05) is 31.2 Å². The van der Waals surface area contributed by atoms with Crippen molar-refractivity contribution in [2.24, 2.45) is 0 Å². The van der Waals surface area contributed by atoms with Gasteiger partial charge < -0.3 is 14.8 Å².